The van der Waals surface area contributed by atoms with E-state index in [0.717, 1.165) is 5.56 Å². The van der Waals surface area contributed by atoms with Gasteiger partial charge < -0.3 is 9.47 Å². The summed E-state index contributed by atoms with van der Waals surface area (Å²) in [5, 5.41) is 0. The van der Waals surface area contributed by atoms with Crippen molar-refractivity contribution in [3.05, 3.63) is 36.7 Å². The summed E-state index contributed by atoms with van der Waals surface area (Å²) in [5.41, 5.74) is 0.797. The zero-order valence-electron chi connectivity index (χ0n) is 12.5. The molecule has 2 aromatic rings. The number of hydrogen-bond donors (Lipinski definition) is 0. The molecule has 2 atom stereocenters. The molecule has 0 spiro atoms. The summed E-state index contributed by atoms with van der Waals surface area (Å²) >= 11 is 0. The number of nitrogens with zero attached hydrogens (tertiary/aromatic N) is 2. The number of rotatable bonds is 7. The summed E-state index contributed by atoms with van der Waals surface area (Å²) in [7, 11) is 0. The van der Waals surface area contributed by atoms with Crippen LogP contribution in [0.5, 0.6) is 11.5 Å². The lowest BCUT2D eigenvalue weighted by Gasteiger charge is -2.08. The molecular formula is C16H18F2N2O2. The van der Waals surface area contributed by atoms with E-state index in [-0.39, 0.29) is 13.2 Å². The van der Waals surface area contributed by atoms with Gasteiger partial charge in [-0.15, -0.1) is 0 Å². The van der Waals surface area contributed by atoms with Crippen molar-refractivity contribution in [3.8, 4) is 22.9 Å². The highest BCUT2D eigenvalue weighted by molar-refractivity contribution is 5.56. The molecule has 0 saturated carbocycles. The molecule has 0 radical (unpaired) electrons. The molecular weight excluding hydrogens is 290 g/mol. The van der Waals surface area contributed by atoms with Crippen molar-refractivity contribution < 1.29 is 18.3 Å². The Bertz CT molecular complexity index is 518. The average Bonchev–Trinajstić information content (AvgIpc) is 2.52. The summed E-state index contributed by atoms with van der Waals surface area (Å²) in [6.07, 6.45) is 0.946. The topological polar surface area (TPSA) is 44.2 Å². The monoisotopic (exact) mass is 308 g/mol. The van der Waals surface area contributed by atoms with Crippen LogP contribution in [0.1, 0.15) is 13.8 Å². The molecule has 1 aromatic heterocycles. The molecule has 118 valence electrons. The van der Waals surface area contributed by atoms with Gasteiger partial charge in [0.05, 0.1) is 12.4 Å². The predicted octanol–water partition coefficient (Wildman–Crippen LogP) is 3.62. The maximum absolute atomic E-state index is 12.7. The van der Waals surface area contributed by atoms with Gasteiger partial charge in [-0.1, -0.05) is 0 Å². The van der Waals surface area contributed by atoms with Gasteiger partial charge in [0.1, 0.15) is 31.3 Å². The van der Waals surface area contributed by atoms with E-state index >= 15 is 0 Å². The molecule has 0 N–H and O–H groups in total. The fourth-order valence-corrected chi connectivity index (χ4v) is 1.66. The van der Waals surface area contributed by atoms with Crippen LogP contribution in [-0.2, 0) is 0 Å². The Kier molecular flexibility index (Phi) is 5.63. The number of alkyl halides is 2. The van der Waals surface area contributed by atoms with Crippen molar-refractivity contribution >= 4 is 0 Å². The molecule has 2 rings (SSSR count). The van der Waals surface area contributed by atoms with Crippen molar-refractivity contribution in [2.24, 2.45) is 0 Å². The van der Waals surface area contributed by atoms with Gasteiger partial charge in [0.15, 0.2) is 11.6 Å². The maximum atomic E-state index is 12.7. The predicted molar refractivity (Wildman–Crippen MR) is 79.6 cm³/mol. The van der Waals surface area contributed by atoms with E-state index in [1.165, 1.54) is 26.2 Å². The van der Waals surface area contributed by atoms with Gasteiger partial charge in [-0.3, -0.25) is 0 Å². The van der Waals surface area contributed by atoms with Crippen LogP contribution < -0.4 is 9.47 Å². The summed E-state index contributed by atoms with van der Waals surface area (Å²) in [4.78, 5) is 8.34. The van der Waals surface area contributed by atoms with Crippen LogP contribution in [-0.4, -0.2) is 35.5 Å². The first-order valence-electron chi connectivity index (χ1n) is 7.01. The first kappa shape index (κ1) is 16.1. The lowest BCUT2D eigenvalue weighted by Crippen LogP contribution is -2.08. The van der Waals surface area contributed by atoms with E-state index in [1.54, 1.807) is 24.3 Å². The van der Waals surface area contributed by atoms with Gasteiger partial charge in [-0.2, -0.15) is 0 Å². The number of aromatic nitrogens is 2. The maximum Gasteiger partial charge on any atom is 0.159 e. The molecule has 0 aliphatic carbocycles. The van der Waals surface area contributed by atoms with Crippen LogP contribution >= 0.6 is 0 Å². The van der Waals surface area contributed by atoms with Gasteiger partial charge in [0.25, 0.3) is 0 Å². The highest BCUT2D eigenvalue weighted by Crippen LogP contribution is 2.20. The molecule has 0 bridgehead atoms. The zero-order chi connectivity index (χ0) is 15.9. The Balaban J connectivity index is 1.99. The average molecular weight is 308 g/mol. The minimum atomic E-state index is -1.04. The Labute approximate surface area is 128 Å². The lowest BCUT2D eigenvalue weighted by atomic mass is 10.2. The molecule has 0 aliphatic rings. The highest BCUT2D eigenvalue weighted by atomic mass is 19.1. The Hall–Kier alpha value is -2.24. The van der Waals surface area contributed by atoms with E-state index in [9.17, 15) is 8.78 Å². The third-order valence-electron chi connectivity index (χ3n) is 2.70. The number of ether oxygens (including phenoxy) is 2. The lowest BCUT2D eigenvalue weighted by molar-refractivity contribution is 0.208. The van der Waals surface area contributed by atoms with E-state index in [2.05, 4.69) is 9.97 Å². The largest absolute Gasteiger partial charge is 0.491 e. The van der Waals surface area contributed by atoms with Crippen LogP contribution in [0.2, 0.25) is 0 Å². The van der Waals surface area contributed by atoms with Crippen LogP contribution in [0, 0.1) is 0 Å². The molecule has 0 saturated heterocycles. The quantitative estimate of drug-likeness (QED) is 0.783. The second kappa shape index (κ2) is 7.68. The Morgan fingerprint density at radius 3 is 1.86 bits per heavy atom. The third kappa shape index (κ3) is 4.95. The van der Waals surface area contributed by atoms with Crippen molar-refractivity contribution in [2.45, 2.75) is 26.2 Å². The fraction of sp³-hybridized carbons (Fsp3) is 0.375. The van der Waals surface area contributed by atoms with Gasteiger partial charge in [-0.05, 0) is 38.1 Å². The summed E-state index contributed by atoms with van der Waals surface area (Å²) in [5.74, 6) is 1.53. The van der Waals surface area contributed by atoms with Crippen molar-refractivity contribution in [3.63, 3.8) is 0 Å². The number of benzene rings is 1. The molecule has 1 heterocycles. The summed E-state index contributed by atoms with van der Waals surface area (Å²) < 4.78 is 35.8. The van der Waals surface area contributed by atoms with Crippen LogP contribution in [0.3, 0.4) is 0 Å². The molecule has 0 fully saturated rings. The zero-order valence-corrected chi connectivity index (χ0v) is 12.5. The third-order valence-corrected chi connectivity index (χ3v) is 2.70. The number of halogens is 2. The van der Waals surface area contributed by atoms with Crippen molar-refractivity contribution in [1.82, 2.24) is 9.97 Å². The van der Waals surface area contributed by atoms with E-state index in [4.69, 9.17) is 9.47 Å². The first-order chi connectivity index (χ1) is 10.5. The molecule has 4 nitrogen and oxygen atoms in total. The summed E-state index contributed by atoms with van der Waals surface area (Å²) in [6.45, 7) is 2.86. The Morgan fingerprint density at radius 2 is 1.36 bits per heavy atom. The van der Waals surface area contributed by atoms with Gasteiger partial charge in [0, 0.05) is 5.56 Å². The van der Waals surface area contributed by atoms with E-state index in [1.807, 2.05) is 0 Å². The minimum Gasteiger partial charge on any atom is -0.491 e. The van der Waals surface area contributed by atoms with Gasteiger partial charge in [-0.25, -0.2) is 18.7 Å². The molecule has 2 unspecified atom stereocenters. The molecule has 22 heavy (non-hydrogen) atoms. The van der Waals surface area contributed by atoms with Crippen LogP contribution in [0.4, 0.5) is 8.78 Å². The number of hydrogen-bond acceptors (Lipinski definition) is 4. The molecule has 6 heteroatoms. The highest BCUT2D eigenvalue weighted by Gasteiger charge is 2.05. The fourth-order valence-electron chi connectivity index (χ4n) is 1.66. The molecule has 0 aliphatic heterocycles. The van der Waals surface area contributed by atoms with Crippen molar-refractivity contribution in [2.75, 3.05) is 13.2 Å². The standard InChI is InChI=1S/C16H18F2N2O2/c1-11(17)9-21-14-5-3-13(4-6-14)16-19-7-15(8-20-16)22-10-12(2)18/h3-8,11-12H,9-10H2,1-2H3. The minimum absolute atomic E-state index is 0.0227. The van der Waals surface area contributed by atoms with Gasteiger partial charge >= 0.3 is 0 Å². The second-order valence-corrected chi connectivity index (χ2v) is 4.95. The van der Waals surface area contributed by atoms with Gasteiger partial charge in [0.2, 0.25) is 0 Å². The SMILES string of the molecule is CC(F)COc1ccc(-c2ncc(OCC(C)F)cn2)cc1. The van der Waals surface area contributed by atoms with Crippen molar-refractivity contribution in [1.29, 1.82) is 0 Å². The second-order valence-electron chi connectivity index (χ2n) is 4.95. The van der Waals surface area contributed by atoms with Crippen LogP contribution in [0.15, 0.2) is 36.7 Å². The van der Waals surface area contributed by atoms with E-state index in [0.29, 0.717) is 17.3 Å². The molecule has 0 amide bonds. The Morgan fingerprint density at radius 1 is 0.864 bits per heavy atom. The van der Waals surface area contributed by atoms with E-state index < -0.39 is 12.3 Å². The normalized spacial score (nSPS) is 13.5. The summed E-state index contributed by atoms with van der Waals surface area (Å²) in [6, 6.07) is 7.04. The van der Waals surface area contributed by atoms with Crippen LogP contribution in [0.25, 0.3) is 11.4 Å². The first-order valence-corrected chi connectivity index (χ1v) is 7.01. The molecule has 1 aromatic carbocycles. The smallest absolute Gasteiger partial charge is 0.159 e.